The molecule has 0 amide bonds. The summed E-state index contributed by atoms with van der Waals surface area (Å²) in [7, 11) is 0. The summed E-state index contributed by atoms with van der Waals surface area (Å²) in [5, 5.41) is 6.69. The summed E-state index contributed by atoms with van der Waals surface area (Å²) in [6.45, 7) is 0. The third-order valence-corrected chi connectivity index (χ3v) is 11.6. The Balaban J connectivity index is 1.11. The van der Waals surface area contributed by atoms with Crippen molar-refractivity contribution in [2.24, 2.45) is 0 Å². The summed E-state index contributed by atoms with van der Waals surface area (Å²) in [5.41, 5.74) is 11.0. The van der Waals surface area contributed by atoms with Gasteiger partial charge in [-0.15, -0.1) is 0 Å². The van der Waals surface area contributed by atoms with E-state index in [0.29, 0.717) is 16.9 Å². The predicted molar refractivity (Wildman–Crippen MR) is 241 cm³/mol. The molecule has 0 saturated carbocycles. The molecule has 0 fully saturated rings. The Morgan fingerprint density at radius 3 is 1.53 bits per heavy atom. The maximum atomic E-state index is 13.4. The topological polar surface area (TPSA) is 65.8 Å². The second kappa shape index (κ2) is 13.0. The van der Waals surface area contributed by atoms with Crippen molar-refractivity contribution in [3.05, 3.63) is 205 Å². The molecule has 0 aliphatic rings. The number of fused-ring (bicyclic) bond motifs is 10. The zero-order valence-electron chi connectivity index (χ0n) is 31.6. The highest BCUT2D eigenvalue weighted by Gasteiger charge is 2.21. The number of rotatable bonds is 5. The molecule has 59 heavy (non-hydrogen) atoms. The van der Waals surface area contributed by atoms with E-state index in [1.54, 1.807) is 0 Å². The minimum Gasteiger partial charge on any atom is -0.420 e. The van der Waals surface area contributed by atoms with Gasteiger partial charge in [-0.05, 0) is 65.0 Å². The Morgan fingerprint density at radius 1 is 0.373 bits per heavy atom. The van der Waals surface area contributed by atoms with E-state index in [4.69, 9.17) is 14.4 Å². The van der Waals surface area contributed by atoms with Gasteiger partial charge in [0.1, 0.15) is 0 Å². The average molecular weight is 757 g/mol. The second-order valence-corrected chi connectivity index (χ2v) is 14.9. The lowest BCUT2D eigenvalue weighted by atomic mass is 10.0. The summed E-state index contributed by atoms with van der Waals surface area (Å²) >= 11 is 0. The van der Waals surface area contributed by atoms with Crippen molar-refractivity contribution in [1.82, 2.24) is 19.1 Å². The molecular formula is C53H32N4O2. The standard InChI is InChI=1S/C53H32N4O2/c58-52-44-22-11-10-20-38(44)43-29-28-42-41-27-25-35(30-48(41)56(50(42)51(43)59-52)37-18-8-3-9-19-37)36-24-26-40-39-21-12-13-23-47(39)57(49(40)31-36)53-54-45(33-14-4-1-5-15-33)32-46(55-53)34-16-6-2-7-17-34/h1-32H. The maximum absolute atomic E-state index is 13.4. The van der Waals surface area contributed by atoms with E-state index in [-0.39, 0.29) is 5.63 Å². The van der Waals surface area contributed by atoms with Crippen LogP contribution in [0.2, 0.25) is 0 Å². The fraction of sp³-hybridized carbons (Fsp3) is 0. The van der Waals surface area contributed by atoms with Gasteiger partial charge in [0, 0.05) is 43.7 Å². The summed E-state index contributed by atoms with van der Waals surface area (Å²) in [5.74, 6) is 0.606. The van der Waals surface area contributed by atoms with Gasteiger partial charge in [-0.1, -0.05) is 146 Å². The van der Waals surface area contributed by atoms with Crippen LogP contribution in [0.4, 0.5) is 0 Å². The number of benzene rings is 8. The number of aromatic nitrogens is 4. The molecule has 0 N–H and O–H groups in total. The summed E-state index contributed by atoms with van der Waals surface area (Å²) < 4.78 is 10.6. The number of hydrogen-bond donors (Lipinski definition) is 0. The lowest BCUT2D eigenvalue weighted by Gasteiger charge is -2.12. The van der Waals surface area contributed by atoms with Crippen LogP contribution >= 0.6 is 0 Å². The first kappa shape index (κ1) is 33.1. The lowest BCUT2D eigenvalue weighted by molar-refractivity contribution is 0.572. The van der Waals surface area contributed by atoms with Crippen LogP contribution in [-0.4, -0.2) is 19.1 Å². The molecule has 6 heteroatoms. The SMILES string of the molecule is O=c1oc2c(ccc3c4ccc(-c5ccc6c7ccccc7n(-c7nc(-c8ccccc8)cc(-c8ccccc8)n7)c6c5)cc4n(-c4ccccc4)c32)c2ccccc12. The molecule has 276 valence electrons. The molecule has 0 spiro atoms. The summed E-state index contributed by atoms with van der Waals surface area (Å²) in [4.78, 5) is 23.9. The molecule has 12 aromatic rings. The molecule has 0 saturated heterocycles. The van der Waals surface area contributed by atoms with Gasteiger partial charge in [0.25, 0.3) is 0 Å². The molecule has 0 atom stereocenters. The van der Waals surface area contributed by atoms with E-state index >= 15 is 0 Å². The summed E-state index contributed by atoms with van der Waals surface area (Å²) in [6, 6.07) is 66.6. The van der Waals surface area contributed by atoms with E-state index < -0.39 is 0 Å². The van der Waals surface area contributed by atoms with Crippen molar-refractivity contribution in [3.8, 4) is 45.3 Å². The van der Waals surface area contributed by atoms with Crippen LogP contribution in [0.5, 0.6) is 0 Å². The van der Waals surface area contributed by atoms with Crippen LogP contribution in [0.1, 0.15) is 0 Å². The van der Waals surface area contributed by atoms with Crippen LogP contribution < -0.4 is 5.63 Å². The van der Waals surface area contributed by atoms with E-state index in [1.165, 1.54) is 0 Å². The molecule has 4 heterocycles. The average Bonchev–Trinajstić information content (AvgIpc) is 3.82. The minimum absolute atomic E-state index is 0.343. The quantitative estimate of drug-likeness (QED) is 0.130. The minimum atomic E-state index is -0.343. The Kier molecular flexibility index (Phi) is 7.28. The van der Waals surface area contributed by atoms with Gasteiger partial charge < -0.3 is 8.98 Å². The van der Waals surface area contributed by atoms with Crippen molar-refractivity contribution >= 4 is 65.4 Å². The molecule has 0 aliphatic carbocycles. The molecule has 0 aliphatic heterocycles. The zero-order valence-corrected chi connectivity index (χ0v) is 31.6. The maximum Gasteiger partial charge on any atom is 0.344 e. The van der Waals surface area contributed by atoms with Gasteiger partial charge in [0.05, 0.1) is 38.8 Å². The third kappa shape index (κ3) is 5.17. The molecule has 0 bridgehead atoms. The zero-order chi connectivity index (χ0) is 39.0. The Hall–Kier alpha value is -8.09. The first-order valence-corrected chi connectivity index (χ1v) is 19.7. The Bertz CT molecular complexity index is 3620. The van der Waals surface area contributed by atoms with Gasteiger partial charge >= 0.3 is 5.63 Å². The highest BCUT2D eigenvalue weighted by atomic mass is 16.4. The van der Waals surface area contributed by atoms with Gasteiger partial charge in [0.2, 0.25) is 5.95 Å². The van der Waals surface area contributed by atoms with E-state index in [0.717, 1.165) is 93.7 Å². The van der Waals surface area contributed by atoms with Crippen LogP contribution in [0.25, 0.3) is 111 Å². The molecule has 4 aromatic heterocycles. The fourth-order valence-electron chi connectivity index (χ4n) is 8.87. The van der Waals surface area contributed by atoms with Gasteiger partial charge in [-0.2, -0.15) is 0 Å². The molecule has 0 radical (unpaired) electrons. The van der Waals surface area contributed by atoms with Crippen molar-refractivity contribution < 1.29 is 4.42 Å². The Labute approximate surface area is 337 Å². The molecule has 0 unspecified atom stereocenters. The first-order chi connectivity index (χ1) is 29.2. The highest BCUT2D eigenvalue weighted by molar-refractivity contribution is 6.21. The first-order valence-electron chi connectivity index (χ1n) is 19.7. The Morgan fingerprint density at radius 2 is 0.864 bits per heavy atom. The molecule has 6 nitrogen and oxygen atoms in total. The van der Waals surface area contributed by atoms with Gasteiger partial charge in [-0.25, -0.2) is 14.8 Å². The fourth-order valence-corrected chi connectivity index (χ4v) is 8.87. The smallest absolute Gasteiger partial charge is 0.344 e. The number of para-hydroxylation sites is 2. The van der Waals surface area contributed by atoms with Crippen molar-refractivity contribution in [2.75, 3.05) is 0 Å². The van der Waals surface area contributed by atoms with Gasteiger partial charge in [0.15, 0.2) is 5.58 Å². The van der Waals surface area contributed by atoms with Crippen LogP contribution in [-0.2, 0) is 0 Å². The van der Waals surface area contributed by atoms with E-state index in [1.807, 2.05) is 78.9 Å². The molecular weight excluding hydrogens is 725 g/mol. The van der Waals surface area contributed by atoms with Crippen LogP contribution in [0.3, 0.4) is 0 Å². The normalized spacial score (nSPS) is 11.8. The second-order valence-electron chi connectivity index (χ2n) is 14.9. The molecule has 12 rings (SSSR count). The van der Waals surface area contributed by atoms with E-state index in [2.05, 4.69) is 124 Å². The van der Waals surface area contributed by atoms with Gasteiger partial charge in [-0.3, -0.25) is 4.57 Å². The third-order valence-electron chi connectivity index (χ3n) is 11.6. The largest absolute Gasteiger partial charge is 0.420 e. The van der Waals surface area contributed by atoms with E-state index in [9.17, 15) is 4.79 Å². The highest BCUT2D eigenvalue weighted by Crippen LogP contribution is 2.41. The number of nitrogens with zero attached hydrogens (tertiary/aromatic N) is 4. The van der Waals surface area contributed by atoms with Crippen molar-refractivity contribution in [2.45, 2.75) is 0 Å². The number of hydrogen-bond acceptors (Lipinski definition) is 4. The van der Waals surface area contributed by atoms with Crippen molar-refractivity contribution in [3.63, 3.8) is 0 Å². The monoisotopic (exact) mass is 756 g/mol. The van der Waals surface area contributed by atoms with Crippen LogP contribution in [0, 0.1) is 0 Å². The predicted octanol–water partition coefficient (Wildman–Crippen LogP) is 12.9. The molecule has 8 aromatic carbocycles. The van der Waals surface area contributed by atoms with Crippen molar-refractivity contribution in [1.29, 1.82) is 0 Å². The van der Waals surface area contributed by atoms with Crippen LogP contribution in [0.15, 0.2) is 203 Å². The summed E-state index contributed by atoms with van der Waals surface area (Å²) in [6.07, 6.45) is 0. The lowest BCUT2D eigenvalue weighted by Crippen LogP contribution is -2.04.